The van der Waals surface area contributed by atoms with E-state index in [9.17, 15) is 4.79 Å². The normalized spacial score (nSPS) is 20.9. The molecule has 0 unspecified atom stereocenters. The van der Waals surface area contributed by atoms with E-state index in [-0.39, 0.29) is 0 Å². The van der Waals surface area contributed by atoms with Gasteiger partial charge >= 0.3 is 0 Å². The number of carbonyl (C=O) groups is 1. The highest BCUT2D eigenvalue weighted by atomic mass is 32.1. The molecule has 0 aromatic carbocycles. The maximum absolute atomic E-state index is 10.6. The Labute approximate surface area is 93.7 Å². The average molecular weight is 225 g/mol. The first-order valence-electron chi connectivity index (χ1n) is 5.15. The van der Waals surface area contributed by atoms with Gasteiger partial charge in [-0.2, -0.15) is 0 Å². The minimum atomic E-state index is 0.480. The van der Waals surface area contributed by atoms with Crippen LogP contribution in [-0.4, -0.2) is 32.6 Å². The van der Waals surface area contributed by atoms with Crippen LogP contribution in [0.5, 0.6) is 0 Å². The van der Waals surface area contributed by atoms with Crippen molar-refractivity contribution in [1.82, 2.24) is 0 Å². The van der Waals surface area contributed by atoms with Gasteiger partial charge in [-0.1, -0.05) is 0 Å². The summed E-state index contributed by atoms with van der Waals surface area (Å²) in [5.74, 6) is 0. The molecular formula is C11H15NO2S. The van der Waals surface area contributed by atoms with E-state index in [0.717, 1.165) is 24.3 Å². The first kappa shape index (κ1) is 10.6. The van der Waals surface area contributed by atoms with E-state index >= 15 is 0 Å². The molecule has 3 nitrogen and oxygen atoms in total. The largest absolute Gasteiger partial charge is 0.383 e. The predicted molar refractivity (Wildman–Crippen MR) is 62.0 cm³/mol. The Morgan fingerprint density at radius 1 is 1.67 bits per heavy atom. The summed E-state index contributed by atoms with van der Waals surface area (Å²) in [7, 11) is 1.74. The monoisotopic (exact) mass is 225 g/mol. The molecule has 1 aliphatic rings. The van der Waals surface area contributed by atoms with E-state index in [1.165, 1.54) is 17.8 Å². The third-order valence-electron chi connectivity index (χ3n) is 2.75. The van der Waals surface area contributed by atoms with Gasteiger partial charge in [0.1, 0.15) is 0 Å². The number of nitrogens with zero attached hydrogens (tertiary/aromatic N) is 1. The van der Waals surface area contributed by atoms with Crippen LogP contribution in [0.4, 0.5) is 5.00 Å². The maximum atomic E-state index is 10.6. The first-order valence-corrected chi connectivity index (χ1v) is 5.97. The molecule has 0 amide bonds. The number of ether oxygens (including phenoxy) is 1. The van der Waals surface area contributed by atoms with E-state index in [1.54, 1.807) is 18.4 Å². The summed E-state index contributed by atoms with van der Waals surface area (Å²) in [5, 5.41) is 1.19. The van der Waals surface area contributed by atoms with Crippen molar-refractivity contribution in [2.45, 2.75) is 18.9 Å². The second kappa shape index (κ2) is 4.77. The SMILES string of the molecule is COC[C@H]1CCCN1c1ccc(C=O)s1. The summed E-state index contributed by atoms with van der Waals surface area (Å²) in [6, 6.07) is 4.39. The van der Waals surface area contributed by atoms with Crippen molar-refractivity contribution in [1.29, 1.82) is 0 Å². The van der Waals surface area contributed by atoms with Gasteiger partial charge < -0.3 is 9.64 Å². The van der Waals surface area contributed by atoms with E-state index in [2.05, 4.69) is 4.90 Å². The number of thiophene rings is 1. The average Bonchev–Trinajstić information content (AvgIpc) is 2.85. The molecule has 0 aliphatic carbocycles. The summed E-state index contributed by atoms with van der Waals surface area (Å²) in [6.45, 7) is 1.85. The molecule has 1 aromatic rings. The lowest BCUT2D eigenvalue weighted by atomic mass is 10.2. The molecule has 0 radical (unpaired) electrons. The van der Waals surface area contributed by atoms with Crippen molar-refractivity contribution < 1.29 is 9.53 Å². The predicted octanol–water partition coefficient (Wildman–Crippen LogP) is 2.18. The first-order chi connectivity index (χ1) is 7.35. The van der Waals surface area contributed by atoms with Gasteiger partial charge in [0.05, 0.1) is 22.5 Å². The minimum absolute atomic E-state index is 0.480. The van der Waals surface area contributed by atoms with E-state index in [1.807, 2.05) is 12.1 Å². The number of carbonyl (C=O) groups excluding carboxylic acids is 1. The van der Waals surface area contributed by atoms with Crippen molar-refractivity contribution in [2.24, 2.45) is 0 Å². The van der Waals surface area contributed by atoms with Crippen LogP contribution < -0.4 is 4.90 Å². The molecule has 1 saturated heterocycles. The highest BCUT2D eigenvalue weighted by Gasteiger charge is 2.25. The molecule has 1 fully saturated rings. The second-order valence-corrected chi connectivity index (χ2v) is 4.83. The lowest BCUT2D eigenvalue weighted by Crippen LogP contribution is -2.31. The third kappa shape index (κ3) is 2.21. The number of hydrogen-bond donors (Lipinski definition) is 0. The molecule has 1 aliphatic heterocycles. The molecule has 0 N–H and O–H groups in total. The molecule has 1 atom stereocenters. The Hall–Kier alpha value is -0.870. The van der Waals surface area contributed by atoms with Crippen molar-refractivity contribution >= 4 is 22.6 Å². The van der Waals surface area contributed by atoms with Crippen LogP contribution >= 0.6 is 11.3 Å². The molecule has 2 heterocycles. The fourth-order valence-corrected chi connectivity index (χ4v) is 2.97. The van der Waals surface area contributed by atoms with Crippen LogP contribution in [0.1, 0.15) is 22.5 Å². The van der Waals surface area contributed by atoms with Gasteiger partial charge in [0.25, 0.3) is 0 Å². The molecule has 0 bridgehead atoms. The van der Waals surface area contributed by atoms with E-state index in [0.29, 0.717) is 6.04 Å². The smallest absolute Gasteiger partial charge is 0.160 e. The highest BCUT2D eigenvalue weighted by Crippen LogP contribution is 2.31. The molecular weight excluding hydrogens is 210 g/mol. The fraction of sp³-hybridized carbons (Fsp3) is 0.545. The van der Waals surface area contributed by atoms with Crippen LogP contribution in [0.2, 0.25) is 0 Å². The number of anilines is 1. The van der Waals surface area contributed by atoms with Gasteiger partial charge in [0.2, 0.25) is 0 Å². The van der Waals surface area contributed by atoms with Crippen LogP contribution in [0.15, 0.2) is 12.1 Å². The number of methoxy groups -OCH3 is 1. The molecule has 1 aromatic heterocycles. The molecule has 4 heteroatoms. The Morgan fingerprint density at radius 2 is 2.53 bits per heavy atom. The molecule has 82 valence electrons. The fourth-order valence-electron chi connectivity index (χ4n) is 2.05. The Balaban J connectivity index is 2.11. The van der Waals surface area contributed by atoms with Crippen LogP contribution in [0.3, 0.4) is 0 Å². The summed E-state index contributed by atoms with van der Waals surface area (Å²) >= 11 is 1.56. The second-order valence-electron chi connectivity index (χ2n) is 3.74. The highest BCUT2D eigenvalue weighted by molar-refractivity contribution is 7.17. The topological polar surface area (TPSA) is 29.5 Å². The van der Waals surface area contributed by atoms with Gasteiger partial charge in [0.15, 0.2) is 6.29 Å². The minimum Gasteiger partial charge on any atom is -0.383 e. The summed E-state index contributed by atoms with van der Waals surface area (Å²) in [6.07, 6.45) is 3.31. The van der Waals surface area contributed by atoms with Crippen molar-refractivity contribution in [3.8, 4) is 0 Å². The molecule has 2 rings (SSSR count). The Bertz CT molecular complexity index is 337. The van der Waals surface area contributed by atoms with Gasteiger partial charge in [0, 0.05) is 13.7 Å². The van der Waals surface area contributed by atoms with Crippen molar-refractivity contribution in [3.05, 3.63) is 17.0 Å². The lowest BCUT2D eigenvalue weighted by molar-refractivity contribution is 0.112. The lowest BCUT2D eigenvalue weighted by Gasteiger charge is -2.24. The summed E-state index contributed by atoms with van der Waals surface area (Å²) < 4.78 is 5.20. The molecule has 15 heavy (non-hydrogen) atoms. The number of rotatable bonds is 4. The number of hydrogen-bond acceptors (Lipinski definition) is 4. The van der Waals surface area contributed by atoms with Crippen LogP contribution in [-0.2, 0) is 4.74 Å². The molecule has 0 spiro atoms. The van der Waals surface area contributed by atoms with Gasteiger partial charge in [-0.15, -0.1) is 11.3 Å². The maximum Gasteiger partial charge on any atom is 0.160 e. The Kier molecular flexibility index (Phi) is 3.38. The number of aldehydes is 1. The zero-order chi connectivity index (χ0) is 10.7. The standard InChI is InChI=1S/C11H15NO2S/c1-14-8-9-3-2-6-12(9)11-5-4-10(7-13)15-11/h4-5,7,9H,2-3,6,8H2,1H3/t9-/m1/s1. The third-order valence-corrected chi connectivity index (χ3v) is 3.80. The Morgan fingerprint density at radius 3 is 3.20 bits per heavy atom. The van der Waals surface area contributed by atoms with Crippen molar-refractivity contribution in [2.75, 3.05) is 25.2 Å². The van der Waals surface area contributed by atoms with Crippen LogP contribution in [0, 0.1) is 0 Å². The van der Waals surface area contributed by atoms with Gasteiger partial charge in [-0.3, -0.25) is 4.79 Å². The molecule has 0 saturated carbocycles. The summed E-state index contributed by atoms with van der Waals surface area (Å²) in [4.78, 5) is 13.8. The summed E-state index contributed by atoms with van der Waals surface area (Å²) in [5.41, 5.74) is 0. The zero-order valence-corrected chi connectivity index (χ0v) is 9.63. The van der Waals surface area contributed by atoms with Gasteiger partial charge in [-0.05, 0) is 25.0 Å². The van der Waals surface area contributed by atoms with E-state index < -0.39 is 0 Å². The zero-order valence-electron chi connectivity index (χ0n) is 8.81. The quantitative estimate of drug-likeness (QED) is 0.736. The van der Waals surface area contributed by atoms with E-state index in [4.69, 9.17) is 4.74 Å². The van der Waals surface area contributed by atoms with Gasteiger partial charge in [-0.25, -0.2) is 0 Å². The van der Waals surface area contributed by atoms with Crippen molar-refractivity contribution in [3.63, 3.8) is 0 Å². The van der Waals surface area contributed by atoms with Crippen LogP contribution in [0.25, 0.3) is 0 Å².